The van der Waals surface area contributed by atoms with E-state index in [9.17, 15) is 13.6 Å². The molecule has 0 aromatic heterocycles. The van der Waals surface area contributed by atoms with Crippen LogP contribution in [-0.2, 0) is 0 Å². The van der Waals surface area contributed by atoms with Gasteiger partial charge in [0.2, 0.25) is 0 Å². The molecule has 0 aliphatic heterocycles. The first-order valence-electron chi connectivity index (χ1n) is 6.00. The maximum absolute atomic E-state index is 13.0. The van der Waals surface area contributed by atoms with Crippen LogP contribution >= 0.6 is 15.9 Å². The number of hydrogen-bond donors (Lipinski definition) is 1. The number of alkyl halides is 1. The maximum atomic E-state index is 13.0. The van der Waals surface area contributed by atoms with E-state index in [0.717, 1.165) is 17.7 Å². The quantitative estimate of drug-likeness (QED) is 0.842. The fourth-order valence-electron chi connectivity index (χ4n) is 1.70. The Morgan fingerprint density at radius 1 is 1.10 bits per heavy atom. The van der Waals surface area contributed by atoms with Gasteiger partial charge < -0.3 is 5.32 Å². The van der Waals surface area contributed by atoms with Gasteiger partial charge in [0.1, 0.15) is 0 Å². The predicted molar refractivity (Wildman–Crippen MR) is 76.8 cm³/mol. The molecule has 2 rings (SSSR count). The van der Waals surface area contributed by atoms with Crippen molar-refractivity contribution >= 4 is 21.8 Å². The minimum absolute atomic E-state index is 0.0436. The molecule has 1 atom stereocenters. The van der Waals surface area contributed by atoms with Crippen molar-refractivity contribution in [1.82, 2.24) is 5.32 Å². The van der Waals surface area contributed by atoms with Gasteiger partial charge in [-0.3, -0.25) is 4.79 Å². The van der Waals surface area contributed by atoms with Crippen molar-refractivity contribution in [3.8, 4) is 0 Å². The second kappa shape index (κ2) is 6.61. The molecule has 1 amide bonds. The third-order valence-electron chi connectivity index (χ3n) is 2.78. The fourth-order valence-corrected chi connectivity index (χ4v) is 2.17. The molecule has 2 aromatic carbocycles. The maximum Gasteiger partial charge on any atom is 0.251 e. The number of carbonyl (C=O) groups excluding carboxylic acids is 1. The van der Waals surface area contributed by atoms with Crippen molar-refractivity contribution in [3.63, 3.8) is 0 Å². The van der Waals surface area contributed by atoms with Gasteiger partial charge in [0.15, 0.2) is 11.6 Å². The molecule has 0 heterocycles. The molecule has 0 saturated carbocycles. The van der Waals surface area contributed by atoms with Crippen molar-refractivity contribution in [3.05, 3.63) is 71.3 Å². The molecular formula is C15H12BrF2NO. The van der Waals surface area contributed by atoms with Crippen LogP contribution in [0.1, 0.15) is 20.7 Å². The molecule has 0 aliphatic carbocycles. The van der Waals surface area contributed by atoms with Gasteiger partial charge in [-0.1, -0.05) is 46.3 Å². The second-order valence-corrected chi connectivity index (χ2v) is 5.32. The van der Waals surface area contributed by atoms with E-state index >= 15 is 0 Å². The number of hydrogen-bond acceptors (Lipinski definition) is 1. The predicted octanol–water partition coefficient (Wildman–Crippen LogP) is 3.83. The van der Waals surface area contributed by atoms with Gasteiger partial charge >= 0.3 is 0 Å². The highest BCUT2D eigenvalue weighted by Crippen LogP contribution is 2.21. The van der Waals surface area contributed by atoms with Crippen LogP contribution in [0.25, 0.3) is 0 Å². The highest BCUT2D eigenvalue weighted by atomic mass is 79.9. The molecule has 0 bridgehead atoms. The number of nitrogens with one attached hydrogen (secondary N) is 1. The summed E-state index contributed by atoms with van der Waals surface area (Å²) in [6, 6.07) is 12.7. The molecule has 0 fully saturated rings. The highest BCUT2D eigenvalue weighted by molar-refractivity contribution is 9.09. The Balaban J connectivity index is 1.97. The first-order valence-corrected chi connectivity index (χ1v) is 6.92. The van der Waals surface area contributed by atoms with E-state index in [1.165, 1.54) is 6.07 Å². The van der Waals surface area contributed by atoms with Gasteiger partial charge in [0, 0.05) is 12.1 Å². The Kier molecular flexibility index (Phi) is 4.84. The van der Waals surface area contributed by atoms with Crippen LogP contribution in [0.3, 0.4) is 0 Å². The number of benzene rings is 2. The number of carbonyl (C=O) groups is 1. The zero-order valence-corrected chi connectivity index (χ0v) is 12.0. The minimum atomic E-state index is -1.03. The van der Waals surface area contributed by atoms with Crippen LogP contribution < -0.4 is 5.32 Å². The molecular weight excluding hydrogens is 328 g/mol. The Morgan fingerprint density at radius 3 is 2.45 bits per heavy atom. The Labute approximate surface area is 123 Å². The zero-order chi connectivity index (χ0) is 14.5. The lowest BCUT2D eigenvalue weighted by Crippen LogP contribution is -2.26. The topological polar surface area (TPSA) is 29.1 Å². The van der Waals surface area contributed by atoms with Crippen LogP contribution in [0.5, 0.6) is 0 Å². The third kappa shape index (κ3) is 3.63. The van der Waals surface area contributed by atoms with E-state index in [-0.39, 0.29) is 10.4 Å². The van der Waals surface area contributed by atoms with Crippen molar-refractivity contribution < 1.29 is 13.6 Å². The summed E-state index contributed by atoms with van der Waals surface area (Å²) in [6.45, 7) is 0.349. The van der Waals surface area contributed by atoms with E-state index in [1.54, 1.807) is 0 Å². The van der Waals surface area contributed by atoms with Gasteiger partial charge in [0.25, 0.3) is 5.91 Å². The first-order chi connectivity index (χ1) is 9.58. The largest absolute Gasteiger partial charge is 0.351 e. The molecule has 2 nitrogen and oxygen atoms in total. The summed E-state index contributed by atoms with van der Waals surface area (Å²) in [5.74, 6) is -2.44. The van der Waals surface area contributed by atoms with Gasteiger partial charge in [-0.05, 0) is 23.8 Å². The van der Waals surface area contributed by atoms with Crippen molar-refractivity contribution in [2.75, 3.05) is 6.54 Å². The highest BCUT2D eigenvalue weighted by Gasteiger charge is 2.12. The summed E-state index contributed by atoms with van der Waals surface area (Å²) >= 11 is 3.46. The van der Waals surface area contributed by atoms with Crippen LogP contribution in [0.4, 0.5) is 8.78 Å². The third-order valence-corrected chi connectivity index (χ3v) is 3.64. The van der Waals surface area contributed by atoms with E-state index in [0.29, 0.717) is 6.54 Å². The van der Waals surface area contributed by atoms with Crippen molar-refractivity contribution in [2.45, 2.75) is 4.83 Å². The summed E-state index contributed by atoms with van der Waals surface area (Å²) in [4.78, 5) is 11.8. The SMILES string of the molecule is O=C(NCC(Br)c1ccccc1)c1ccc(F)c(F)c1. The summed E-state index contributed by atoms with van der Waals surface area (Å²) < 4.78 is 25.8. The van der Waals surface area contributed by atoms with Crippen molar-refractivity contribution in [1.29, 1.82) is 0 Å². The van der Waals surface area contributed by atoms with Gasteiger partial charge in [-0.25, -0.2) is 8.78 Å². The molecule has 20 heavy (non-hydrogen) atoms. The van der Waals surface area contributed by atoms with Crippen LogP contribution in [0, 0.1) is 11.6 Å². The number of rotatable bonds is 4. The molecule has 0 saturated heterocycles. The normalized spacial score (nSPS) is 11.9. The standard InChI is InChI=1S/C15H12BrF2NO/c16-12(10-4-2-1-3-5-10)9-19-15(20)11-6-7-13(17)14(18)8-11/h1-8,12H,9H2,(H,19,20). The molecule has 2 aromatic rings. The first kappa shape index (κ1) is 14.7. The summed E-state index contributed by atoms with van der Waals surface area (Å²) in [6.07, 6.45) is 0. The monoisotopic (exact) mass is 339 g/mol. The van der Waals surface area contributed by atoms with E-state index < -0.39 is 17.5 Å². The summed E-state index contributed by atoms with van der Waals surface area (Å²) in [5.41, 5.74) is 1.12. The molecule has 0 radical (unpaired) electrons. The molecule has 0 spiro atoms. The van der Waals surface area contributed by atoms with Gasteiger partial charge in [-0.15, -0.1) is 0 Å². The molecule has 1 unspecified atom stereocenters. The zero-order valence-electron chi connectivity index (χ0n) is 10.4. The Morgan fingerprint density at radius 2 is 1.80 bits per heavy atom. The Hall–Kier alpha value is -1.75. The number of amides is 1. The van der Waals surface area contributed by atoms with Crippen molar-refractivity contribution in [2.24, 2.45) is 0 Å². The van der Waals surface area contributed by atoms with Gasteiger partial charge in [0.05, 0.1) is 4.83 Å². The van der Waals surface area contributed by atoms with E-state index in [1.807, 2.05) is 30.3 Å². The fraction of sp³-hybridized carbons (Fsp3) is 0.133. The van der Waals surface area contributed by atoms with E-state index in [4.69, 9.17) is 0 Å². The Bertz CT molecular complexity index is 604. The minimum Gasteiger partial charge on any atom is -0.351 e. The lowest BCUT2D eigenvalue weighted by molar-refractivity contribution is 0.0953. The number of halogens is 3. The molecule has 1 N–H and O–H groups in total. The van der Waals surface area contributed by atoms with Gasteiger partial charge in [-0.2, -0.15) is 0 Å². The smallest absolute Gasteiger partial charge is 0.251 e. The molecule has 0 aliphatic rings. The molecule has 5 heteroatoms. The lowest BCUT2D eigenvalue weighted by Gasteiger charge is -2.11. The van der Waals surface area contributed by atoms with Crippen LogP contribution in [0.15, 0.2) is 48.5 Å². The summed E-state index contributed by atoms with van der Waals surface area (Å²) in [7, 11) is 0. The lowest BCUT2D eigenvalue weighted by atomic mass is 10.1. The average molecular weight is 340 g/mol. The summed E-state index contributed by atoms with van der Waals surface area (Å²) in [5, 5.41) is 2.67. The van der Waals surface area contributed by atoms with E-state index in [2.05, 4.69) is 21.2 Å². The molecule has 104 valence electrons. The average Bonchev–Trinajstić information content (AvgIpc) is 2.48. The second-order valence-electron chi connectivity index (χ2n) is 4.22. The van der Waals surface area contributed by atoms with Crippen LogP contribution in [-0.4, -0.2) is 12.5 Å². The van der Waals surface area contributed by atoms with Crippen LogP contribution in [0.2, 0.25) is 0 Å².